The van der Waals surface area contributed by atoms with Gasteiger partial charge in [-0.2, -0.15) is 0 Å². The molecule has 0 radical (unpaired) electrons. The lowest BCUT2D eigenvalue weighted by atomic mass is 9.96. The van der Waals surface area contributed by atoms with Crippen LogP contribution in [-0.4, -0.2) is 117 Å². The number of aliphatic hydroxyl groups excluding tert-OH is 6. The lowest BCUT2D eigenvalue weighted by molar-refractivity contribution is -0.272. The fourth-order valence-corrected chi connectivity index (χ4v) is 5.50. The molecule has 0 aromatic heterocycles. The van der Waals surface area contributed by atoms with E-state index in [1.165, 1.54) is 24.3 Å². The summed E-state index contributed by atoms with van der Waals surface area (Å²) in [5, 5.41) is 67.0. The highest BCUT2D eigenvalue weighted by molar-refractivity contribution is 5.98. The number of carbonyl (C=O) groups excluding carboxylic acids is 2. The highest BCUT2D eigenvalue weighted by Gasteiger charge is 2.47. The van der Waals surface area contributed by atoms with Crippen molar-refractivity contribution in [1.29, 1.82) is 0 Å². The van der Waals surface area contributed by atoms with Crippen LogP contribution >= 0.6 is 0 Å². The Morgan fingerprint density at radius 2 is 0.917 bits per heavy atom. The molecule has 0 saturated carbocycles. The van der Waals surface area contributed by atoms with E-state index in [9.17, 15) is 40.2 Å². The van der Waals surface area contributed by atoms with Crippen LogP contribution in [0.3, 0.4) is 0 Å². The Labute approximate surface area is 276 Å². The molecule has 258 valence electrons. The van der Waals surface area contributed by atoms with Gasteiger partial charge in [0.25, 0.3) is 11.8 Å². The molecule has 2 aliphatic rings. The molecule has 0 bridgehead atoms. The second-order valence-corrected chi connectivity index (χ2v) is 11.6. The van der Waals surface area contributed by atoms with E-state index in [4.69, 9.17) is 18.9 Å². The Morgan fingerprint density at radius 3 is 1.25 bits per heavy atom. The summed E-state index contributed by atoms with van der Waals surface area (Å²) in [4.78, 5) is 26.4. The SMILES string of the molecule is O=C(N[C@@H]1[C@@H](OCc2ccccc2)O[C@H](CO)[C@@H](O)[C@@H]1O)c1ccc(C(=O)N[C@@H]2[C@@H](OCc3ccccc3)O[C@H](CO)[C@@H](O)[C@@H]2O)cc1. The van der Waals surface area contributed by atoms with Crippen molar-refractivity contribution in [2.24, 2.45) is 0 Å². The van der Waals surface area contributed by atoms with Crippen LogP contribution in [0.1, 0.15) is 31.8 Å². The van der Waals surface area contributed by atoms with E-state index in [0.717, 1.165) is 11.1 Å². The molecule has 2 aliphatic heterocycles. The molecule has 5 rings (SSSR count). The quantitative estimate of drug-likeness (QED) is 0.119. The van der Waals surface area contributed by atoms with Crippen LogP contribution < -0.4 is 10.6 Å². The van der Waals surface area contributed by atoms with E-state index < -0.39 is 86.3 Å². The predicted molar refractivity (Wildman–Crippen MR) is 167 cm³/mol. The Balaban J connectivity index is 1.24. The Kier molecular flexibility index (Phi) is 12.2. The minimum atomic E-state index is -1.53. The fourth-order valence-electron chi connectivity index (χ4n) is 5.50. The molecule has 14 heteroatoms. The third-order valence-corrected chi connectivity index (χ3v) is 8.28. The molecule has 0 aliphatic carbocycles. The third-order valence-electron chi connectivity index (χ3n) is 8.28. The van der Waals surface area contributed by atoms with Gasteiger partial charge < -0.3 is 60.2 Å². The fraction of sp³-hybridized carbons (Fsp3) is 0.412. The molecule has 10 atom stereocenters. The first kappa shape index (κ1) is 35.5. The molecular weight excluding hydrogens is 628 g/mol. The van der Waals surface area contributed by atoms with Gasteiger partial charge in [0.15, 0.2) is 12.6 Å². The number of rotatable bonds is 12. The molecule has 0 unspecified atom stereocenters. The van der Waals surface area contributed by atoms with Crippen LogP contribution in [0.25, 0.3) is 0 Å². The first-order valence-electron chi connectivity index (χ1n) is 15.5. The van der Waals surface area contributed by atoms with Gasteiger partial charge in [-0.25, -0.2) is 0 Å². The van der Waals surface area contributed by atoms with E-state index in [-0.39, 0.29) is 24.3 Å². The summed E-state index contributed by atoms with van der Waals surface area (Å²) in [5.74, 6) is -1.33. The Bertz CT molecular complexity index is 1350. The summed E-state index contributed by atoms with van der Waals surface area (Å²) < 4.78 is 23.0. The van der Waals surface area contributed by atoms with Gasteiger partial charge in [-0.05, 0) is 35.4 Å². The van der Waals surface area contributed by atoms with Gasteiger partial charge in [-0.3, -0.25) is 9.59 Å². The molecular formula is C34H40N2O12. The second kappa shape index (κ2) is 16.5. The van der Waals surface area contributed by atoms with E-state index in [1.54, 1.807) is 0 Å². The normalized spacial score (nSPS) is 30.4. The van der Waals surface area contributed by atoms with Crippen molar-refractivity contribution in [3.63, 3.8) is 0 Å². The molecule has 2 heterocycles. The number of aliphatic hydroxyl groups is 6. The highest BCUT2D eigenvalue weighted by atomic mass is 16.7. The second-order valence-electron chi connectivity index (χ2n) is 11.6. The average molecular weight is 669 g/mol. The zero-order valence-electron chi connectivity index (χ0n) is 25.8. The number of carbonyl (C=O) groups is 2. The monoisotopic (exact) mass is 668 g/mol. The number of hydrogen-bond acceptors (Lipinski definition) is 12. The molecule has 48 heavy (non-hydrogen) atoms. The van der Waals surface area contributed by atoms with Gasteiger partial charge in [0.2, 0.25) is 0 Å². The maximum Gasteiger partial charge on any atom is 0.251 e. The van der Waals surface area contributed by atoms with Gasteiger partial charge in [-0.1, -0.05) is 60.7 Å². The van der Waals surface area contributed by atoms with Gasteiger partial charge in [0.05, 0.1) is 26.4 Å². The average Bonchev–Trinajstić information content (AvgIpc) is 3.12. The summed E-state index contributed by atoms with van der Waals surface area (Å²) in [6.45, 7) is -1.03. The molecule has 0 spiro atoms. The molecule has 2 amide bonds. The Morgan fingerprint density at radius 1 is 0.562 bits per heavy atom. The van der Waals surface area contributed by atoms with Crippen molar-refractivity contribution in [1.82, 2.24) is 10.6 Å². The largest absolute Gasteiger partial charge is 0.394 e. The number of benzene rings is 3. The van der Waals surface area contributed by atoms with Crippen LogP contribution in [0.15, 0.2) is 84.9 Å². The van der Waals surface area contributed by atoms with Crippen molar-refractivity contribution < 1.29 is 59.2 Å². The lowest BCUT2D eigenvalue weighted by Crippen LogP contribution is -2.64. The number of amides is 2. The van der Waals surface area contributed by atoms with Crippen LogP contribution in [0.5, 0.6) is 0 Å². The van der Waals surface area contributed by atoms with Crippen molar-refractivity contribution in [3.05, 3.63) is 107 Å². The first-order valence-corrected chi connectivity index (χ1v) is 15.5. The highest BCUT2D eigenvalue weighted by Crippen LogP contribution is 2.25. The number of ether oxygens (including phenoxy) is 4. The predicted octanol–water partition coefficient (Wildman–Crippen LogP) is -0.805. The molecule has 14 nitrogen and oxygen atoms in total. The molecule has 3 aromatic carbocycles. The molecule has 3 aromatic rings. The van der Waals surface area contributed by atoms with Crippen molar-refractivity contribution in [3.8, 4) is 0 Å². The summed E-state index contributed by atoms with van der Waals surface area (Å²) in [7, 11) is 0. The van der Waals surface area contributed by atoms with Crippen LogP contribution in [0.2, 0.25) is 0 Å². The molecule has 8 N–H and O–H groups in total. The number of nitrogens with one attached hydrogen (secondary N) is 2. The minimum absolute atomic E-state index is 0.0687. The van der Waals surface area contributed by atoms with E-state index in [0.29, 0.717) is 0 Å². The van der Waals surface area contributed by atoms with Gasteiger partial charge in [-0.15, -0.1) is 0 Å². The number of hydrogen-bond donors (Lipinski definition) is 8. The topological polar surface area (TPSA) is 216 Å². The van der Waals surface area contributed by atoms with Crippen LogP contribution in [0.4, 0.5) is 0 Å². The van der Waals surface area contributed by atoms with Gasteiger partial charge >= 0.3 is 0 Å². The smallest absolute Gasteiger partial charge is 0.251 e. The van der Waals surface area contributed by atoms with Crippen LogP contribution in [0, 0.1) is 0 Å². The van der Waals surface area contributed by atoms with Crippen LogP contribution in [-0.2, 0) is 32.2 Å². The zero-order valence-corrected chi connectivity index (χ0v) is 25.8. The van der Waals surface area contributed by atoms with E-state index in [1.807, 2.05) is 60.7 Å². The summed E-state index contributed by atoms with van der Waals surface area (Å²) in [6, 6.07) is 21.2. The van der Waals surface area contributed by atoms with Gasteiger partial charge in [0, 0.05) is 11.1 Å². The Hall–Kier alpha value is -3.80. The van der Waals surface area contributed by atoms with E-state index >= 15 is 0 Å². The summed E-state index contributed by atoms with van der Waals surface area (Å²) in [5.41, 5.74) is 1.80. The third kappa shape index (κ3) is 8.43. The maximum atomic E-state index is 13.2. The summed E-state index contributed by atoms with van der Waals surface area (Å²) in [6.07, 6.45) is -10.8. The van der Waals surface area contributed by atoms with E-state index in [2.05, 4.69) is 10.6 Å². The van der Waals surface area contributed by atoms with Crippen molar-refractivity contribution in [2.75, 3.05) is 13.2 Å². The standard InChI is InChI=1S/C34H40N2O12/c37-15-23-27(39)29(41)25(33(47-23)45-17-19-7-3-1-4-8-19)35-31(43)21-11-13-22(14-12-21)32(44)36-26-30(42)28(40)24(16-38)48-34(26)46-18-20-9-5-2-6-10-20/h1-14,23-30,33-34,37-42H,15-18H2,(H,35,43)(H,36,44)/t23-,24-,25+,26+,27-,28-,29-,30-,33+,34+/m1/s1. The molecule has 2 saturated heterocycles. The van der Waals surface area contributed by atoms with Crippen molar-refractivity contribution in [2.45, 2.75) is 74.5 Å². The zero-order chi connectivity index (χ0) is 34.2. The molecule has 2 fully saturated rings. The minimum Gasteiger partial charge on any atom is -0.394 e. The summed E-state index contributed by atoms with van der Waals surface area (Å²) >= 11 is 0. The van der Waals surface area contributed by atoms with Crippen molar-refractivity contribution >= 4 is 11.8 Å². The maximum absolute atomic E-state index is 13.2. The van der Waals surface area contributed by atoms with Gasteiger partial charge in [0.1, 0.15) is 48.7 Å². The first-order chi connectivity index (χ1) is 23.2. The lowest BCUT2D eigenvalue weighted by Gasteiger charge is -2.42.